The molecule has 0 fully saturated rings. The number of benzene rings is 2. The quantitative estimate of drug-likeness (QED) is 0.492. The molecule has 0 spiro atoms. The fraction of sp³-hybridized carbons (Fsp3) is 0.0667. The normalized spacial score (nSPS) is 10.1. The number of ether oxygens (including phenoxy) is 1. The van der Waals surface area contributed by atoms with Gasteiger partial charge in [-0.1, -0.05) is 29.3 Å². The molecule has 0 aliphatic carbocycles. The highest BCUT2D eigenvalue weighted by Gasteiger charge is 2.15. The Kier molecular flexibility index (Phi) is 5.73. The summed E-state index contributed by atoms with van der Waals surface area (Å²) in [5, 5.41) is 13.2. The average molecular weight is 369 g/mol. The SMILES string of the molecule is O=C(COC(=O)c1cccc(Cl)c1Cl)Nc1ccc([N+](=O)[O-])cc1. The van der Waals surface area contributed by atoms with E-state index in [0.29, 0.717) is 5.69 Å². The van der Waals surface area contributed by atoms with Crippen LogP contribution in [0.3, 0.4) is 0 Å². The lowest BCUT2D eigenvalue weighted by Crippen LogP contribution is -2.21. The summed E-state index contributed by atoms with van der Waals surface area (Å²) < 4.78 is 4.86. The molecule has 0 unspecified atom stereocenters. The van der Waals surface area contributed by atoms with Crippen molar-refractivity contribution in [1.82, 2.24) is 0 Å². The van der Waals surface area contributed by atoms with Gasteiger partial charge in [0.15, 0.2) is 6.61 Å². The number of non-ortho nitro benzene ring substituents is 1. The van der Waals surface area contributed by atoms with Crippen LogP contribution in [0.2, 0.25) is 10.0 Å². The Morgan fingerprint density at radius 1 is 1.12 bits per heavy atom. The minimum absolute atomic E-state index is 0.0416. The van der Waals surface area contributed by atoms with Gasteiger partial charge in [0.2, 0.25) is 0 Å². The maximum absolute atomic E-state index is 11.9. The molecule has 0 aromatic heterocycles. The third-order valence-corrected chi connectivity index (χ3v) is 3.69. The lowest BCUT2D eigenvalue weighted by atomic mass is 10.2. The summed E-state index contributed by atoms with van der Waals surface area (Å²) >= 11 is 11.7. The van der Waals surface area contributed by atoms with Crippen LogP contribution < -0.4 is 5.32 Å². The molecular weight excluding hydrogens is 359 g/mol. The zero-order chi connectivity index (χ0) is 17.7. The van der Waals surface area contributed by atoms with Crippen LogP contribution in [-0.2, 0) is 9.53 Å². The van der Waals surface area contributed by atoms with E-state index in [-0.39, 0.29) is 21.3 Å². The van der Waals surface area contributed by atoms with Gasteiger partial charge < -0.3 is 10.1 Å². The van der Waals surface area contributed by atoms with Crippen molar-refractivity contribution in [1.29, 1.82) is 0 Å². The molecule has 2 aromatic carbocycles. The number of carbonyl (C=O) groups is 2. The van der Waals surface area contributed by atoms with E-state index >= 15 is 0 Å². The van der Waals surface area contributed by atoms with Gasteiger partial charge in [-0.15, -0.1) is 0 Å². The van der Waals surface area contributed by atoms with E-state index in [1.54, 1.807) is 0 Å². The lowest BCUT2D eigenvalue weighted by molar-refractivity contribution is -0.384. The van der Waals surface area contributed by atoms with Gasteiger partial charge in [-0.2, -0.15) is 0 Å². The van der Waals surface area contributed by atoms with E-state index in [0.717, 1.165) is 0 Å². The zero-order valence-electron chi connectivity index (χ0n) is 12.0. The van der Waals surface area contributed by atoms with Crippen molar-refractivity contribution >= 4 is 46.5 Å². The molecule has 0 heterocycles. The van der Waals surface area contributed by atoms with Crippen molar-refractivity contribution in [3.8, 4) is 0 Å². The Morgan fingerprint density at radius 3 is 2.42 bits per heavy atom. The molecule has 9 heteroatoms. The number of nitro benzene ring substituents is 1. The van der Waals surface area contributed by atoms with Crippen LogP contribution in [0.4, 0.5) is 11.4 Å². The molecule has 0 saturated carbocycles. The van der Waals surface area contributed by atoms with Crippen LogP contribution in [0.5, 0.6) is 0 Å². The molecule has 2 aromatic rings. The zero-order valence-corrected chi connectivity index (χ0v) is 13.5. The molecule has 0 bridgehead atoms. The molecule has 0 saturated heterocycles. The van der Waals surface area contributed by atoms with E-state index in [1.807, 2.05) is 0 Å². The van der Waals surface area contributed by atoms with Crippen molar-refractivity contribution in [2.45, 2.75) is 0 Å². The summed E-state index contributed by atoms with van der Waals surface area (Å²) in [5.74, 6) is -1.39. The Morgan fingerprint density at radius 2 is 1.79 bits per heavy atom. The van der Waals surface area contributed by atoms with E-state index in [9.17, 15) is 19.7 Å². The van der Waals surface area contributed by atoms with Crippen LogP contribution in [0.1, 0.15) is 10.4 Å². The van der Waals surface area contributed by atoms with E-state index < -0.39 is 23.4 Å². The van der Waals surface area contributed by atoms with Gasteiger partial charge in [-0.05, 0) is 24.3 Å². The molecule has 1 amide bonds. The topological polar surface area (TPSA) is 98.5 Å². The number of nitrogens with zero attached hydrogens (tertiary/aromatic N) is 1. The van der Waals surface area contributed by atoms with Gasteiger partial charge in [0, 0.05) is 17.8 Å². The molecular formula is C15H10Cl2N2O5. The number of anilines is 1. The van der Waals surface area contributed by atoms with E-state index in [1.165, 1.54) is 42.5 Å². The van der Waals surface area contributed by atoms with Crippen molar-refractivity contribution in [3.05, 3.63) is 68.2 Å². The van der Waals surface area contributed by atoms with Crippen molar-refractivity contribution in [2.24, 2.45) is 0 Å². The van der Waals surface area contributed by atoms with Crippen LogP contribution in [0, 0.1) is 10.1 Å². The number of amides is 1. The van der Waals surface area contributed by atoms with Gasteiger partial charge in [-0.25, -0.2) is 4.79 Å². The van der Waals surface area contributed by atoms with Crippen molar-refractivity contribution in [3.63, 3.8) is 0 Å². The average Bonchev–Trinajstić information content (AvgIpc) is 2.55. The van der Waals surface area contributed by atoms with E-state index in [4.69, 9.17) is 27.9 Å². The predicted octanol–water partition coefficient (Wildman–Crippen LogP) is 3.70. The summed E-state index contributed by atoms with van der Waals surface area (Å²) in [5.41, 5.74) is 0.282. The number of nitrogens with one attached hydrogen (secondary N) is 1. The van der Waals surface area contributed by atoms with Crippen LogP contribution in [-0.4, -0.2) is 23.4 Å². The summed E-state index contributed by atoms with van der Waals surface area (Å²) in [6, 6.07) is 9.69. The number of halogens is 2. The van der Waals surface area contributed by atoms with Gasteiger partial charge in [0.05, 0.1) is 20.5 Å². The Hall–Kier alpha value is -2.64. The standard InChI is InChI=1S/C15H10Cl2N2O5/c16-12-3-1-2-11(14(12)17)15(21)24-8-13(20)18-9-4-6-10(7-5-9)19(22)23/h1-7H,8H2,(H,18,20). The summed E-state index contributed by atoms with van der Waals surface area (Å²) in [6.45, 7) is -0.543. The van der Waals surface area contributed by atoms with E-state index in [2.05, 4.69) is 5.32 Å². The van der Waals surface area contributed by atoms with Gasteiger partial charge >= 0.3 is 5.97 Å². The molecule has 7 nitrogen and oxygen atoms in total. The van der Waals surface area contributed by atoms with Gasteiger partial charge in [-0.3, -0.25) is 14.9 Å². The minimum atomic E-state index is -0.790. The monoisotopic (exact) mass is 368 g/mol. The summed E-state index contributed by atoms with van der Waals surface area (Å²) in [7, 11) is 0. The van der Waals surface area contributed by atoms with Crippen molar-refractivity contribution in [2.75, 3.05) is 11.9 Å². The molecule has 0 aliphatic heterocycles. The Balaban J connectivity index is 1.92. The molecule has 0 atom stereocenters. The first-order valence-corrected chi connectivity index (χ1v) is 7.29. The second kappa shape index (κ2) is 7.76. The second-order valence-corrected chi connectivity index (χ2v) is 5.31. The highest BCUT2D eigenvalue weighted by atomic mass is 35.5. The molecule has 24 heavy (non-hydrogen) atoms. The van der Waals surface area contributed by atoms with Gasteiger partial charge in [0.25, 0.3) is 11.6 Å². The first-order chi connectivity index (χ1) is 11.4. The summed E-state index contributed by atoms with van der Waals surface area (Å²) in [6.07, 6.45) is 0. The molecule has 124 valence electrons. The first kappa shape index (κ1) is 17.7. The third-order valence-electron chi connectivity index (χ3n) is 2.87. The number of nitro groups is 1. The second-order valence-electron chi connectivity index (χ2n) is 4.53. The number of carbonyl (C=O) groups excluding carboxylic acids is 2. The molecule has 0 radical (unpaired) electrons. The number of hydrogen-bond acceptors (Lipinski definition) is 5. The summed E-state index contributed by atoms with van der Waals surface area (Å²) in [4.78, 5) is 33.6. The van der Waals surface area contributed by atoms with Crippen molar-refractivity contribution < 1.29 is 19.2 Å². The number of rotatable bonds is 5. The number of esters is 1. The lowest BCUT2D eigenvalue weighted by Gasteiger charge is -2.08. The minimum Gasteiger partial charge on any atom is -0.452 e. The highest BCUT2D eigenvalue weighted by Crippen LogP contribution is 2.26. The molecule has 1 N–H and O–H groups in total. The number of hydrogen-bond donors (Lipinski definition) is 1. The maximum atomic E-state index is 11.9. The largest absolute Gasteiger partial charge is 0.452 e. The Labute approximate surface area is 146 Å². The fourth-order valence-electron chi connectivity index (χ4n) is 1.73. The Bertz CT molecular complexity index is 793. The smallest absolute Gasteiger partial charge is 0.340 e. The molecule has 2 rings (SSSR count). The van der Waals surface area contributed by atoms with Crippen LogP contribution >= 0.6 is 23.2 Å². The predicted molar refractivity (Wildman–Crippen MR) is 88.5 cm³/mol. The molecule has 0 aliphatic rings. The van der Waals surface area contributed by atoms with Crippen LogP contribution in [0.25, 0.3) is 0 Å². The highest BCUT2D eigenvalue weighted by molar-refractivity contribution is 6.43. The van der Waals surface area contributed by atoms with Gasteiger partial charge in [0.1, 0.15) is 0 Å². The fourth-order valence-corrected chi connectivity index (χ4v) is 2.11. The third kappa shape index (κ3) is 4.43. The maximum Gasteiger partial charge on any atom is 0.340 e. The van der Waals surface area contributed by atoms with Crippen LogP contribution in [0.15, 0.2) is 42.5 Å². The first-order valence-electron chi connectivity index (χ1n) is 6.54.